The molecule has 0 aliphatic heterocycles. The van der Waals surface area contributed by atoms with Crippen LogP contribution in [0.15, 0.2) is 48.5 Å². The van der Waals surface area contributed by atoms with Crippen LogP contribution in [0.3, 0.4) is 0 Å². The molecule has 3 nitrogen and oxygen atoms in total. The zero-order valence-corrected chi connectivity index (χ0v) is 10.1. The van der Waals surface area contributed by atoms with Gasteiger partial charge >= 0.3 is 0 Å². The first-order chi connectivity index (χ1) is 8.75. The van der Waals surface area contributed by atoms with Crippen LogP contribution < -0.4 is 0 Å². The highest BCUT2D eigenvalue weighted by Gasteiger charge is 2.17. The summed E-state index contributed by atoms with van der Waals surface area (Å²) in [6, 6.07) is 14.1. The molecular formula is C14H9NO2S. The zero-order chi connectivity index (χ0) is 12.5. The van der Waals surface area contributed by atoms with E-state index in [4.69, 9.17) is 0 Å². The predicted octanol–water partition coefficient (Wildman–Crippen LogP) is 3.23. The molecule has 0 aliphatic rings. The number of aromatic nitrogens is 1. The zero-order valence-electron chi connectivity index (χ0n) is 9.33. The summed E-state index contributed by atoms with van der Waals surface area (Å²) in [5.41, 5.74) is 1.10. The number of rotatable bonds is 2. The van der Waals surface area contributed by atoms with Crippen LogP contribution in [0, 0.1) is 0 Å². The minimum Gasteiger partial charge on any atom is -0.507 e. The van der Waals surface area contributed by atoms with Gasteiger partial charge in [-0.05, 0) is 24.3 Å². The Hall–Kier alpha value is -2.20. The first-order valence-corrected chi connectivity index (χ1v) is 6.25. The lowest BCUT2D eigenvalue weighted by Gasteiger charge is -1.99. The van der Waals surface area contributed by atoms with Crippen LogP contribution in [-0.4, -0.2) is 15.9 Å². The summed E-state index contributed by atoms with van der Waals surface area (Å²) in [6.45, 7) is 0. The number of fused-ring (bicyclic) bond motifs is 1. The molecule has 3 aromatic rings. The number of ketones is 1. The molecule has 1 heterocycles. The summed E-state index contributed by atoms with van der Waals surface area (Å²) in [5.74, 6) is -0.254. The van der Waals surface area contributed by atoms with Crippen LogP contribution in [-0.2, 0) is 0 Å². The number of carbonyl (C=O) groups excluding carboxylic acids is 1. The molecule has 3 rings (SSSR count). The molecule has 1 N–H and O–H groups in total. The monoisotopic (exact) mass is 255 g/mol. The van der Waals surface area contributed by atoms with Crippen molar-refractivity contribution >= 4 is 27.3 Å². The molecule has 0 bridgehead atoms. The Morgan fingerprint density at radius 2 is 1.78 bits per heavy atom. The normalized spacial score (nSPS) is 10.7. The second-order valence-electron chi connectivity index (χ2n) is 3.83. The summed E-state index contributed by atoms with van der Waals surface area (Å²) < 4.78 is 0.969. The molecule has 0 fully saturated rings. The van der Waals surface area contributed by atoms with Crippen molar-refractivity contribution in [3.05, 3.63) is 59.1 Å². The van der Waals surface area contributed by atoms with E-state index in [0.29, 0.717) is 5.01 Å². The Kier molecular flexibility index (Phi) is 2.57. The highest BCUT2D eigenvalue weighted by Crippen LogP contribution is 2.26. The van der Waals surface area contributed by atoms with Gasteiger partial charge in [0, 0.05) is 0 Å². The first kappa shape index (κ1) is 10.9. The third kappa shape index (κ3) is 1.76. The third-order valence-electron chi connectivity index (χ3n) is 2.64. The Balaban J connectivity index is 2.10. The maximum atomic E-state index is 12.2. The van der Waals surface area contributed by atoms with Gasteiger partial charge in [0.1, 0.15) is 5.75 Å². The number of para-hydroxylation sites is 2. The summed E-state index contributed by atoms with van der Waals surface area (Å²) in [5, 5.41) is 10.1. The molecule has 0 saturated carbocycles. The average Bonchev–Trinajstić information content (AvgIpc) is 2.82. The summed E-state index contributed by atoms with van der Waals surface area (Å²) >= 11 is 1.34. The van der Waals surface area contributed by atoms with Gasteiger partial charge in [-0.1, -0.05) is 24.3 Å². The number of nitrogens with zero attached hydrogens (tertiary/aromatic N) is 1. The molecule has 18 heavy (non-hydrogen) atoms. The van der Waals surface area contributed by atoms with E-state index in [-0.39, 0.29) is 17.1 Å². The van der Waals surface area contributed by atoms with Gasteiger partial charge in [0.05, 0.1) is 15.8 Å². The first-order valence-electron chi connectivity index (χ1n) is 5.44. The number of hydrogen-bond acceptors (Lipinski definition) is 4. The number of phenolic OH excluding ortho intramolecular Hbond substituents is 1. The minimum absolute atomic E-state index is 0.0123. The average molecular weight is 255 g/mol. The molecule has 0 atom stereocenters. The number of aromatic hydroxyl groups is 1. The quantitative estimate of drug-likeness (QED) is 0.715. The largest absolute Gasteiger partial charge is 0.507 e. The standard InChI is InChI=1S/C14H9NO2S/c16-11-7-3-1-5-9(11)13(17)14-15-10-6-2-4-8-12(10)18-14/h1-8,16H. The Morgan fingerprint density at radius 3 is 2.56 bits per heavy atom. The molecular weight excluding hydrogens is 246 g/mol. The van der Waals surface area contributed by atoms with E-state index < -0.39 is 0 Å². The molecule has 0 spiro atoms. The van der Waals surface area contributed by atoms with Gasteiger partial charge in [-0.25, -0.2) is 4.98 Å². The summed E-state index contributed by atoms with van der Waals surface area (Å²) in [6.07, 6.45) is 0. The van der Waals surface area contributed by atoms with Crippen molar-refractivity contribution in [2.75, 3.05) is 0 Å². The number of phenols is 1. The maximum Gasteiger partial charge on any atom is 0.225 e. The van der Waals surface area contributed by atoms with Gasteiger partial charge in [0.25, 0.3) is 0 Å². The number of benzene rings is 2. The van der Waals surface area contributed by atoms with Crippen molar-refractivity contribution in [3.8, 4) is 5.75 Å². The SMILES string of the molecule is O=C(c1nc2ccccc2s1)c1ccccc1O. The van der Waals surface area contributed by atoms with Gasteiger partial charge in [-0.15, -0.1) is 11.3 Å². The lowest BCUT2D eigenvalue weighted by molar-refractivity contribution is 0.103. The Labute approximate surface area is 107 Å². The molecule has 4 heteroatoms. The van der Waals surface area contributed by atoms with E-state index in [0.717, 1.165) is 10.2 Å². The Morgan fingerprint density at radius 1 is 1.06 bits per heavy atom. The minimum atomic E-state index is -0.241. The molecule has 1 aromatic heterocycles. The topological polar surface area (TPSA) is 50.2 Å². The fourth-order valence-electron chi connectivity index (χ4n) is 1.75. The molecule has 0 radical (unpaired) electrons. The van der Waals surface area contributed by atoms with Crippen molar-refractivity contribution in [1.29, 1.82) is 0 Å². The van der Waals surface area contributed by atoms with Crippen molar-refractivity contribution in [3.63, 3.8) is 0 Å². The van der Waals surface area contributed by atoms with E-state index in [1.165, 1.54) is 17.4 Å². The molecule has 0 amide bonds. The lowest BCUT2D eigenvalue weighted by Crippen LogP contribution is -2.00. The second-order valence-corrected chi connectivity index (χ2v) is 4.86. The highest BCUT2D eigenvalue weighted by molar-refractivity contribution is 7.20. The Bertz CT molecular complexity index is 700. The van der Waals surface area contributed by atoms with E-state index in [9.17, 15) is 9.90 Å². The predicted molar refractivity (Wildman–Crippen MR) is 71.2 cm³/mol. The molecule has 88 valence electrons. The van der Waals surface area contributed by atoms with Crippen molar-refractivity contribution in [1.82, 2.24) is 4.98 Å². The molecule has 2 aromatic carbocycles. The van der Waals surface area contributed by atoms with E-state index in [1.54, 1.807) is 18.2 Å². The van der Waals surface area contributed by atoms with Crippen LogP contribution in [0.5, 0.6) is 5.75 Å². The van der Waals surface area contributed by atoms with Gasteiger partial charge in [0.2, 0.25) is 5.78 Å². The summed E-state index contributed by atoms with van der Waals surface area (Å²) in [4.78, 5) is 16.5. The fourth-order valence-corrected chi connectivity index (χ4v) is 2.67. The molecule has 0 unspecified atom stereocenters. The molecule has 0 aliphatic carbocycles. The van der Waals surface area contributed by atoms with Gasteiger partial charge in [0.15, 0.2) is 5.01 Å². The smallest absolute Gasteiger partial charge is 0.225 e. The highest BCUT2D eigenvalue weighted by atomic mass is 32.1. The molecule has 0 saturated heterocycles. The lowest BCUT2D eigenvalue weighted by atomic mass is 10.1. The van der Waals surface area contributed by atoms with Crippen LogP contribution in [0.25, 0.3) is 10.2 Å². The van der Waals surface area contributed by atoms with E-state index in [2.05, 4.69) is 4.98 Å². The maximum absolute atomic E-state index is 12.2. The van der Waals surface area contributed by atoms with Crippen LogP contribution in [0.1, 0.15) is 15.4 Å². The van der Waals surface area contributed by atoms with Crippen molar-refractivity contribution in [2.24, 2.45) is 0 Å². The van der Waals surface area contributed by atoms with Crippen LogP contribution >= 0.6 is 11.3 Å². The number of hydrogen-bond donors (Lipinski definition) is 1. The number of carbonyl (C=O) groups is 1. The fraction of sp³-hybridized carbons (Fsp3) is 0. The van der Waals surface area contributed by atoms with Gasteiger partial charge in [-0.2, -0.15) is 0 Å². The van der Waals surface area contributed by atoms with Crippen LogP contribution in [0.4, 0.5) is 0 Å². The van der Waals surface area contributed by atoms with Gasteiger partial charge < -0.3 is 5.11 Å². The van der Waals surface area contributed by atoms with E-state index >= 15 is 0 Å². The summed E-state index contributed by atoms with van der Waals surface area (Å²) in [7, 11) is 0. The third-order valence-corrected chi connectivity index (χ3v) is 3.67. The van der Waals surface area contributed by atoms with Crippen molar-refractivity contribution in [2.45, 2.75) is 0 Å². The van der Waals surface area contributed by atoms with Gasteiger partial charge in [-0.3, -0.25) is 4.79 Å². The van der Waals surface area contributed by atoms with Crippen molar-refractivity contribution < 1.29 is 9.90 Å². The van der Waals surface area contributed by atoms with Crippen LogP contribution in [0.2, 0.25) is 0 Å². The number of thiazole rings is 1. The van der Waals surface area contributed by atoms with E-state index in [1.807, 2.05) is 24.3 Å². The second kappa shape index (κ2) is 4.23.